The highest BCUT2D eigenvalue weighted by Gasteiger charge is 2.21. The number of para-hydroxylation sites is 1. The Balaban J connectivity index is 2.00. The maximum Gasteiger partial charge on any atom is 0.434 e. The quantitative estimate of drug-likeness (QED) is 0.349. The lowest BCUT2D eigenvalue weighted by Crippen LogP contribution is -2.35. The minimum absolute atomic E-state index is 0.0265. The molecule has 1 aromatic carbocycles. The summed E-state index contributed by atoms with van der Waals surface area (Å²) in [5, 5.41) is 25.1. The predicted molar refractivity (Wildman–Crippen MR) is 96.2 cm³/mol. The lowest BCUT2D eigenvalue weighted by atomic mass is 10.1. The van der Waals surface area contributed by atoms with Gasteiger partial charge in [0.2, 0.25) is 0 Å². The number of carbonyl (C=O) groups is 1. The van der Waals surface area contributed by atoms with Gasteiger partial charge in [0.1, 0.15) is 17.5 Å². The van der Waals surface area contributed by atoms with Crippen LogP contribution in [-0.4, -0.2) is 45.0 Å². The number of amides is 1. The van der Waals surface area contributed by atoms with Crippen LogP contribution in [0.2, 0.25) is 0 Å². The van der Waals surface area contributed by atoms with Gasteiger partial charge in [0.25, 0.3) is 0 Å². The lowest BCUT2D eigenvalue weighted by molar-refractivity contribution is -0.384. The van der Waals surface area contributed by atoms with Crippen LogP contribution < -0.4 is 5.32 Å². The second-order valence-corrected chi connectivity index (χ2v) is 6.68. The third-order valence-electron chi connectivity index (χ3n) is 3.40. The smallest absolute Gasteiger partial charge is 0.434 e. The summed E-state index contributed by atoms with van der Waals surface area (Å²) >= 11 is 0. The summed E-state index contributed by atoms with van der Waals surface area (Å²) in [6.45, 7) is 5.45. The number of fused-ring (bicyclic) bond motifs is 1. The number of hydrogen-bond donors (Lipinski definition) is 2. The fourth-order valence-electron chi connectivity index (χ4n) is 2.30. The van der Waals surface area contributed by atoms with Gasteiger partial charge >= 0.3 is 11.8 Å². The second-order valence-electron chi connectivity index (χ2n) is 6.68. The molecule has 0 bridgehead atoms. The molecule has 2 N–H and O–H groups in total. The average Bonchev–Trinajstić information content (AvgIpc) is 2.56. The molecule has 0 unspecified atom stereocenters. The number of nitrogens with one attached hydrogen (secondary N) is 1. The summed E-state index contributed by atoms with van der Waals surface area (Å²) in [4.78, 5) is 26.5. The summed E-state index contributed by atoms with van der Waals surface area (Å²) in [5.74, 6) is 0. The average molecular weight is 362 g/mol. The standard InChI is InChI=1S/C17H22N4O5/c1-17(2,3)26-16(22)20(23)10-6-9-18-15-12-7-4-5-8-13(12)19-11-14(15)21(24)25/h4-5,7-8,11,23H,6,9-10H2,1-3H3,(H,18,19). The molecule has 2 rings (SSSR count). The zero-order valence-electron chi connectivity index (χ0n) is 14.9. The molecular formula is C17H22N4O5. The van der Waals surface area contributed by atoms with Crippen molar-refractivity contribution in [3.05, 3.63) is 40.6 Å². The first-order valence-corrected chi connectivity index (χ1v) is 8.14. The molecule has 9 heteroatoms. The molecule has 1 aromatic heterocycles. The van der Waals surface area contributed by atoms with Crippen molar-refractivity contribution in [2.75, 3.05) is 18.4 Å². The topological polar surface area (TPSA) is 118 Å². The summed E-state index contributed by atoms with van der Waals surface area (Å²) in [7, 11) is 0. The van der Waals surface area contributed by atoms with E-state index in [-0.39, 0.29) is 12.2 Å². The number of rotatable bonds is 6. The van der Waals surface area contributed by atoms with Gasteiger partial charge in [-0.05, 0) is 33.3 Å². The van der Waals surface area contributed by atoms with Crippen LogP contribution in [0.25, 0.3) is 10.9 Å². The van der Waals surface area contributed by atoms with Gasteiger partial charge in [-0.3, -0.25) is 15.3 Å². The molecule has 0 aliphatic heterocycles. The van der Waals surface area contributed by atoms with E-state index in [9.17, 15) is 20.1 Å². The number of carbonyl (C=O) groups excluding carboxylic acids is 1. The van der Waals surface area contributed by atoms with E-state index in [1.165, 1.54) is 6.20 Å². The molecule has 0 fully saturated rings. The Morgan fingerprint density at radius 3 is 2.73 bits per heavy atom. The molecule has 0 atom stereocenters. The number of aromatic nitrogens is 1. The number of nitro groups is 1. The first kappa shape index (κ1) is 19.4. The molecular weight excluding hydrogens is 340 g/mol. The molecule has 0 aliphatic rings. The van der Waals surface area contributed by atoms with E-state index in [0.29, 0.717) is 34.6 Å². The maximum absolute atomic E-state index is 11.7. The maximum atomic E-state index is 11.7. The number of pyridine rings is 1. The molecule has 140 valence electrons. The van der Waals surface area contributed by atoms with E-state index in [2.05, 4.69) is 10.3 Å². The molecule has 2 aromatic rings. The van der Waals surface area contributed by atoms with Crippen LogP contribution in [0.5, 0.6) is 0 Å². The Hall–Kier alpha value is -2.94. The molecule has 0 saturated carbocycles. The fourth-order valence-corrected chi connectivity index (χ4v) is 2.30. The number of anilines is 1. The zero-order valence-corrected chi connectivity index (χ0v) is 14.9. The first-order chi connectivity index (χ1) is 12.2. The molecule has 1 heterocycles. The van der Waals surface area contributed by atoms with Crippen molar-refractivity contribution in [2.45, 2.75) is 32.8 Å². The molecule has 0 spiro atoms. The van der Waals surface area contributed by atoms with Crippen LogP contribution in [0.4, 0.5) is 16.2 Å². The predicted octanol–water partition coefficient (Wildman–Crippen LogP) is 3.57. The summed E-state index contributed by atoms with van der Waals surface area (Å²) in [6.07, 6.45) is 0.741. The van der Waals surface area contributed by atoms with Crippen molar-refractivity contribution in [3.8, 4) is 0 Å². The second kappa shape index (κ2) is 7.96. The van der Waals surface area contributed by atoms with E-state index in [1.807, 2.05) is 0 Å². The molecule has 0 radical (unpaired) electrons. The van der Waals surface area contributed by atoms with Crippen LogP contribution in [0.15, 0.2) is 30.5 Å². The summed E-state index contributed by atoms with van der Waals surface area (Å²) < 4.78 is 5.04. The number of benzene rings is 1. The van der Waals surface area contributed by atoms with Crippen molar-refractivity contribution < 1.29 is 19.7 Å². The SMILES string of the molecule is CC(C)(C)OC(=O)N(O)CCCNc1c([N+](=O)[O-])cnc2ccccc12. The van der Waals surface area contributed by atoms with Crippen LogP contribution in [0.3, 0.4) is 0 Å². The van der Waals surface area contributed by atoms with Crippen molar-refractivity contribution >= 4 is 28.4 Å². The summed E-state index contributed by atoms with van der Waals surface area (Å²) in [5.41, 5.74) is 0.171. The van der Waals surface area contributed by atoms with Crippen LogP contribution in [0.1, 0.15) is 27.2 Å². The van der Waals surface area contributed by atoms with Gasteiger partial charge in [-0.25, -0.2) is 9.78 Å². The van der Waals surface area contributed by atoms with Crippen molar-refractivity contribution in [2.24, 2.45) is 0 Å². The Bertz CT molecular complexity index is 803. The monoisotopic (exact) mass is 362 g/mol. The Labute approximate surface area is 150 Å². The van der Waals surface area contributed by atoms with E-state index in [4.69, 9.17) is 4.74 Å². The zero-order chi connectivity index (χ0) is 19.3. The number of hydrogen-bond acceptors (Lipinski definition) is 7. The van der Waals surface area contributed by atoms with Crippen molar-refractivity contribution in [1.29, 1.82) is 0 Å². The highest BCUT2D eigenvalue weighted by Crippen LogP contribution is 2.31. The Kier molecular flexibility index (Phi) is 5.93. The normalized spacial score (nSPS) is 11.2. The van der Waals surface area contributed by atoms with E-state index in [1.54, 1.807) is 45.0 Å². The number of nitrogens with zero attached hydrogens (tertiary/aromatic N) is 3. The Morgan fingerprint density at radius 2 is 2.08 bits per heavy atom. The third kappa shape index (κ3) is 5.03. The van der Waals surface area contributed by atoms with E-state index >= 15 is 0 Å². The van der Waals surface area contributed by atoms with Gasteiger partial charge in [0.15, 0.2) is 0 Å². The van der Waals surface area contributed by atoms with Gasteiger partial charge in [0.05, 0.1) is 17.0 Å². The first-order valence-electron chi connectivity index (χ1n) is 8.14. The Morgan fingerprint density at radius 1 is 1.38 bits per heavy atom. The molecule has 0 aliphatic carbocycles. The van der Waals surface area contributed by atoms with Gasteiger partial charge < -0.3 is 10.1 Å². The summed E-state index contributed by atoms with van der Waals surface area (Å²) in [6, 6.07) is 7.09. The van der Waals surface area contributed by atoms with Crippen molar-refractivity contribution in [3.63, 3.8) is 0 Å². The minimum atomic E-state index is -0.835. The highest BCUT2D eigenvalue weighted by molar-refractivity contribution is 5.95. The number of ether oxygens (including phenoxy) is 1. The van der Waals surface area contributed by atoms with Crippen LogP contribution >= 0.6 is 0 Å². The fraction of sp³-hybridized carbons (Fsp3) is 0.412. The van der Waals surface area contributed by atoms with E-state index < -0.39 is 16.6 Å². The van der Waals surface area contributed by atoms with Crippen LogP contribution in [-0.2, 0) is 4.74 Å². The lowest BCUT2D eigenvalue weighted by Gasteiger charge is -2.23. The molecule has 9 nitrogen and oxygen atoms in total. The van der Waals surface area contributed by atoms with Gasteiger partial charge in [0, 0.05) is 11.9 Å². The van der Waals surface area contributed by atoms with Crippen molar-refractivity contribution in [1.82, 2.24) is 10.0 Å². The van der Waals surface area contributed by atoms with Gasteiger partial charge in [-0.15, -0.1) is 0 Å². The molecule has 26 heavy (non-hydrogen) atoms. The largest absolute Gasteiger partial charge is 0.442 e. The minimum Gasteiger partial charge on any atom is -0.442 e. The van der Waals surface area contributed by atoms with Gasteiger partial charge in [-0.1, -0.05) is 18.2 Å². The number of hydroxylamine groups is 2. The van der Waals surface area contributed by atoms with Crippen LogP contribution in [0, 0.1) is 10.1 Å². The van der Waals surface area contributed by atoms with Gasteiger partial charge in [-0.2, -0.15) is 5.06 Å². The van der Waals surface area contributed by atoms with E-state index in [0.717, 1.165) is 0 Å². The molecule has 1 amide bonds. The molecule has 0 saturated heterocycles. The highest BCUT2D eigenvalue weighted by atomic mass is 16.6. The third-order valence-corrected chi connectivity index (χ3v) is 3.40.